The largest absolute Gasteiger partial charge is 0.458 e. The molecule has 7 atom stereocenters. The molecule has 0 aromatic heterocycles. The zero-order valence-electron chi connectivity index (χ0n) is 14.8. The van der Waals surface area contributed by atoms with Crippen LogP contribution in [0.2, 0.25) is 0 Å². The van der Waals surface area contributed by atoms with Gasteiger partial charge in [-0.15, -0.1) is 0 Å². The molecule has 0 saturated carbocycles. The zero-order valence-corrected chi connectivity index (χ0v) is 14.8. The fraction of sp³-hybridized carbons (Fsp3) is 0.579. The summed E-state index contributed by atoms with van der Waals surface area (Å²) < 4.78 is 22.6. The Morgan fingerprint density at radius 3 is 2.88 bits per heavy atom. The smallest absolute Gasteiger partial charge is 0.334 e. The fourth-order valence-corrected chi connectivity index (χ4v) is 4.13. The molecule has 1 N–H and O–H groups in total. The number of hydrogen-bond donors (Lipinski definition) is 1. The van der Waals surface area contributed by atoms with Crippen molar-refractivity contribution in [1.29, 1.82) is 0 Å². The highest BCUT2D eigenvalue weighted by Crippen LogP contribution is 2.51. The predicted molar refractivity (Wildman–Crippen MR) is 88.7 cm³/mol. The number of epoxide rings is 1. The molecular formula is C19H22O7. The Bertz CT molecular complexity index is 738. The van der Waals surface area contributed by atoms with Crippen LogP contribution in [0.4, 0.5) is 0 Å². The molecule has 7 nitrogen and oxygen atoms in total. The molecule has 2 fully saturated rings. The van der Waals surface area contributed by atoms with Crippen molar-refractivity contribution in [2.45, 2.75) is 63.0 Å². The Balaban J connectivity index is 1.72. The van der Waals surface area contributed by atoms with Crippen molar-refractivity contribution in [3.63, 3.8) is 0 Å². The van der Waals surface area contributed by atoms with E-state index in [0.717, 1.165) is 0 Å². The second-order valence-corrected chi connectivity index (χ2v) is 7.67. The maximum Gasteiger partial charge on any atom is 0.334 e. The first-order valence-electron chi connectivity index (χ1n) is 8.68. The van der Waals surface area contributed by atoms with Gasteiger partial charge >= 0.3 is 11.9 Å². The molecule has 3 aliphatic heterocycles. The molecule has 0 amide bonds. The minimum absolute atomic E-state index is 0.219. The Morgan fingerprint density at radius 2 is 2.19 bits per heavy atom. The average molecular weight is 362 g/mol. The van der Waals surface area contributed by atoms with E-state index in [1.807, 2.05) is 13.0 Å². The van der Waals surface area contributed by atoms with Crippen molar-refractivity contribution in [3.8, 4) is 0 Å². The molecule has 0 aromatic carbocycles. The van der Waals surface area contributed by atoms with Crippen LogP contribution < -0.4 is 0 Å². The zero-order chi connectivity index (χ0) is 18.8. The van der Waals surface area contributed by atoms with E-state index >= 15 is 0 Å². The van der Waals surface area contributed by atoms with Gasteiger partial charge < -0.3 is 24.1 Å². The quantitative estimate of drug-likeness (QED) is 0.341. The maximum atomic E-state index is 12.2. The first-order chi connectivity index (χ1) is 12.2. The molecule has 0 aromatic rings. The molecule has 1 aliphatic carbocycles. The van der Waals surface area contributed by atoms with Gasteiger partial charge in [-0.25, -0.2) is 9.59 Å². The van der Waals surface area contributed by atoms with Crippen molar-refractivity contribution < 1.29 is 33.6 Å². The van der Waals surface area contributed by atoms with Gasteiger partial charge in [0.15, 0.2) is 6.29 Å². The van der Waals surface area contributed by atoms with Crippen LogP contribution in [0.15, 0.2) is 36.0 Å². The number of carbonyl (C=O) groups excluding carboxylic acids is 2. The second kappa shape index (κ2) is 5.77. The minimum atomic E-state index is -1.07. The van der Waals surface area contributed by atoms with Crippen molar-refractivity contribution in [2.75, 3.05) is 0 Å². The van der Waals surface area contributed by atoms with E-state index in [0.29, 0.717) is 12.0 Å². The lowest BCUT2D eigenvalue weighted by atomic mass is 9.82. The lowest BCUT2D eigenvalue weighted by Gasteiger charge is -2.28. The van der Waals surface area contributed by atoms with Gasteiger partial charge in [0.2, 0.25) is 0 Å². The highest BCUT2D eigenvalue weighted by Gasteiger charge is 2.64. The Hall–Kier alpha value is -1.96. The summed E-state index contributed by atoms with van der Waals surface area (Å²) in [4.78, 5) is 24.3. The van der Waals surface area contributed by atoms with Gasteiger partial charge in [0.1, 0.15) is 18.3 Å². The van der Waals surface area contributed by atoms with E-state index in [1.54, 1.807) is 6.92 Å². The normalized spacial score (nSPS) is 43.7. The Kier molecular flexibility index (Phi) is 3.87. The molecule has 4 rings (SSSR count). The fourth-order valence-electron chi connectivity index (χ4n) is 4.13. The van der Waals surface area contributed by atoms with Gasteiger partial charge in [-0.05, 0) is 19.4 Å². The van der Waals surface area contributed by atoms with Crippen molar-refractivity contribution in [1.82, 2.24) is 0 Å². The Labute approximate surface area is 151 Å². The van der Waals surface area contributed by atoms with Crippen molar-refractivity contribution >= 4 is 11.9 Å². The molecule has 0 spiro atoms. The number of carbonyl (C=O) groups is 2. The number of esters is 2. The van der Waals surface area contributed by atoms with E-state index in [9.17, 15) is 14.7 Å². The monoisotopic (exact) mass is 362 g/mol. The van der Waals surface area contributed by atoms with E-state index in [4.69, 9.17) is 18.9 Å². The summed E-state index contributed by atoms with van der Waals surface area (Å²) >= 11 is 0. The van der Waals surface area contributed by atoms with Crippen molar-refractivity contribution in [3.05, 3.63) is 36.0 Å². The number of ether oxygens (including phenoxy) is 4. The van der Waals surface area contributed by atoms with Crippen molar-refractivity contribution in [2.24, 2.45) is 5.92 Å². The summed E-state index contributed by atoms with van der Waals surface area (Å²) in [6, 6.07) is 0. The van der Waals surface area contributed by atoms with Crippen LogP contribution in [0.25, 0.3) is 0 Å². The van der Waals surface area contributed by atoms with Gasteiger partial charge in [-0.2, -0.15) is 0 Å². The van der Waals surface area contributed by atoms with E-state index in [-0.39, 0.29) is 29.8 Å². The van der Waals surface area contributed by atoms with E-state index in [2.05, 4.69) is 13.2 Å². The van der Waals surface area contributed by atoms with Gasteiger partial charge in [-0.3, -0.25) is 0 Å². The number of aliphatic hydroxyl groups is 1. The Morgan fingerprint density at radius 1 is 1.46 bits per heavy atom. The van der Waals surface area contributed by atoms with Crippen LogP contribution in [0, 0.1) is 5.92 Å². The second-order valence-electron chi connectivity index (χ2n) is 7.67. The van der Waals surface area contributed by atoms with E-state index < -0.39 is 42.0 Å². The van der Waals surface area contributed by atoms with Gasteiger partial charge in [-0.1, -0.05) is 19.2 Å². The molecule has 0 unspecified atom stereocenters. The third-order valence-electron chi connectivity index (χ3n) is 5.57. The SMILES string of the molecule is C=C(C)C(=O)O[C@H]1CC2=C[C@H](C[C@@]3(C)O[C@@H]3[C@H]3OC(=O)C(=C)[C@@H]31)O[C@H]2O. The maximum absolute atomic E-state index is 12.2. The van der Waals surface area contributed by atoms with Crippen LogP contribution in [0.3, 0.4) is 0 Å². The average Bonchev–Trinajstić information content (AvgIpc) is 2.96. The summed E-state index contributed by atoms with van der Waals surface area (Å²) in [5, 5.41) is 10.2. The van der Waals surface area contributed by atoms with E-state index in [1.165, 1.54) is 0 Å². The molecule has 7 heteroatoms. The molecule has 3 heterocycles. The predicted octanol–water partition coefficient (Wildman–Crippen LogP) is 1.17. The highest BCUT2D eigenvalue weighted by atomic mass is 16.7. The number of fused-ring (bicyclic) bond motifs is 4. The third kappa shape index (κ3) is 2.71. The topological polar surface area (TPSA) is 94.6 Å². The lowest BCUT2D eigenvalue weighted by Crippen LogP contribution is -2.39. The summed E-state index contributed by atoms with van der Waals surface area (Å²) in [7, 11) is 0. The molecule has 26 heavy (non-hydrogen) atoms. The van der Waals surface area contributed by atoms with Crippen LogP contribution >= 0.6 is 0 Å². The van der Waals surface area contributed by atoms with Crippen LogP contribution in [-0.2, 0) is 28.5 Å². The molecule has 2 saturated heterocycles. The van der Waals surface area contributed by atoms with Gasteiger partial charge in [0.25, 0.3) is 0 Å². The summed E-state index contributed by atoms with van der Waals surface area (Å²) in [5.41, 5.74) is 0.573. The first-order valence-corrected chi connectivity index (χ1v) is 8.68. The summed E-state index contributed by atoms with van der Waals surface area (Å²) in [5.74, 6) is -1.63. The minimum Gasteiger partial charge on any atom is -0.458 e. The van der Waals surface area contributed by atoms with Crippen LogP contribution in [0.1, 0.15) is 26.7 Å². The molecule has 2 bridgehead atoms. The standard InChI is InChI=1S/C19H22O7/c1-8(2)16(20)24-12-6-10-5-11(23-18(10)22)7-19(4)15(26-19)14-13(12)9(3)17(21)25-14/h5,11-15,18,22H,1,3,6-7H2,2,4H3/t11-,12+,13-,14+,15-,18-,19-/m1/s1. The number of aliphatic hydroxyl groups excluding tert-OH is 1. The highest BCUT2D eigenvalue weighted by molar-refractivity contribution is 5.91. The first kappa shape index (κ1) is 17.5. The molecule has 4 aliphatic rings. The van der Waals surface area contributed by atoms with Gasteiger partial charge in [0.05, 0.1) is 17.6 Å². The number of hydrogen-bond acceptors (Lipinski definition) is 7. The molecule has 140 valence electrons. The number of rotatable bonds is 2. The molecular weight excluding hydrogens is 340 g/mol. The summed E-state index contributed by atoms with van der Waals surface area (Å²) in [6.45, 7) is 10.9. The van der Waals surface area contributed by atoms with Crippen LogP contribution in [-0.4, -0.2) is 53.4 Å². The van der Waals surface area contributed by atoms with Gasteiger partial charge in [0, 0.05) is 24.0 Å². The van der Waals surface area contributed by atoms with Crippen LogP contribution in [0.5, 0.6) is 0 Å². The molecule has 0 radical (unpaired) electrons. The lowest BCUT2D eigenvalue weighted by molar-refractivity contribution is -0.149. The summed E-state index contributed by atoms with van der Waals surface area (Å²) in [6.07, 6.45) is -0.427. The third-order valence-corrected chi connectivity index (χ3v) is 5.57.